The Labute approximate surface area is 207 Å². The van der Waals surface area contributed by atoms with E-state index in [1.165, 1.54) is 24.6 Å². The van der Waals surface area contributed by atoms with Gasteiger partial charge in [-0.15, -0.1) is 16.8 Å². The van der Waals surface area contributed by atoms with E-state index in [1.807, 2.05) is 28.8 Å². The molecule has 1 aromatic heterocycles. The number of anilines is 1. The molecule has 0 atom stereocenters. The number of carbonyl (C=O) groups excluding carboxylic acids is 1. The first-order valence-electron chi connectivity index (χ1n) is 10.7. The summed E-state index contributed by atoms with van der Waals surface area (Å²) < 4.78 is 7.99. The molecular weight excluding hydrogens is 479 g/mol. The van der Waals surface area contributed by atoms with Crippen molar-refractivity contribution in [3.63, 3.8) is 0 Å². The molecule has 0 radical (unpaired) electrons. The number of ether oxygens (including phenoxy) is 1. The Balaban J connectivity index is 1.43. The van der Waals surface area contributed by atoms with Crippen LogP contribution in [0.15, 0.2) is 60.3 Å². The van der Waals surface area contributed by atoms with Crippen molar-refractivity contribution in [2.75, 3.05) is 11.1 Å². The molecule has 33 heavy (non-hydrogen) atoms. The highest BCUT2D eigenvalue weighted by atomic mass is 35.5. The molecule has 1 aliphatic rings. The van der Waals surface area contributed by atoms with E-state index in [1.54, 1.807) is 24.3 Å². The fraction of sp³-hybridized carbons (Fsp3) is 0.292. The lowest BCUT2D eigenvalue weighted by molar-refractivity contribution is -0.113. The summed E-state index contributed by atoms with van der Waals surface area (Å²) >= 11 is 13.5. The predicted octanol–water partition coefficient (Wildman–Crippen LogP) is 6.49. The second kappa shape index (κ2) is 11.1. The largest absolute Gasteiger partial charge is 0.490 e. The number of benzene rings is 2. The molecule has 0 bridgehead atoms. The van der Waals surface area contributed by atoms with Gasteiger partial charge in [-0.1, -0.05) is 47.1 Å². The van der Waals surface area contributed by atoms with Gasteiger partial charge >= 0.3 is 0 Å². The highest BCUT2D eigenvalue weighted by Crippen LogP contribution is 2.31. The summed E-state index contributed by atoms with van der Waals surface area (Å²) in [4.78, 5) is 12.4. The van der Waals surface area contributed by atoms with E-state index in [0.717, 1.165) is 24.2 Å². The Morgan fingerprint density at radius 1 is 1.18 bits per heavy atom. The first-order chi connectivity index (χ1) is 16.0. The molecule has 1 heterocycles. The number of amides is 1. The molecule has 0 aliphatic heterocycles. The number of rotatable bonds is 9. The van der Waals surface area contributed by atoms with Crippen LogP contribution in [0.1, 0.15) is 25.7 Å². The molecule has 6 nitrogen and oxygen atoms in total. The molecule has 172 valence electrons. The average Bonchev–Trinajstić information content (AvgIpc) is 3.46. The van der Waals surface area contributed by atoms with Crippen molar-refractivity contribution in [3.8, 4) is 17.1 Å². The molecule has 1 amide bonds. The summed E-state index contributed by atoms with van der Waals surface area (Å²) in [6.45, 7) is 4.36. The van der Waals surface area contributed by atoms with Gasteiger partial charge in [0.1, 0.15) is 5.75 Å². The molecular formula is C24H24Cl2N4O2S. The van der Waals surface area contributed by atoms with Crippen LogP contribution < -0.4 is 10.1 Å². The van der Waals surface area contributed by atoms with Crippen molar-refractivity contribution in [1.82, 2.24) is 14.8 Å². The van der Waals surface area contributed by atoms with Crippen LogP contribution in [0.25, 0.3) is 11.4 Å². The van der Waals surface area contributed by atoms with Gasteiger partial charge in [-0.05, 0) is 62.1 Å². The van der Waals surface area contributed by atoms with Gasteiger partial charge in [0.2, 0.25) is 5.91 Å². The Morgan fingerprint density at radius 3 is 2.67 bits per heavy atom. The highest BCUT2D eigenvalue weighted by molar-refractivity contribution is 7.99. The molecule has 2 aromatic carbocycles. The average molecular weight is 503 g/mol. The molecule has 0 unspecified atom stereocenters. The third-order valence-electron chi connectivity index (χ3n) is 5.30. The van der Waals surface area contributed by atoms with Crippen molar-refractivity contribution >= 4 is 46.6 Å². The minimum absolute atomic E-state index is 0.145. The van der Waals surface area contributed by atoms with Crippen molar-refractivity contribution in [3.05, 3.63) is 65.2 Å². The van der Waals surface area contributed by atoms with Crippen LogP contribution in [0.3, 0.4) is 0 Å². The molecule has 1 saturated carbocycles. The maximum absolute atomic E-state index is 12.4. The zero-order valence-electron chi connectivity index (χ0n) is 18.0. The van der Waals surface area contributed by atoms with Crippen molar-refractivity contribution in [2.45, 2.75) is 43.5 Å². The summed E-state index contributed by atoms with van der Waals surface area (Å²) in [6.07, 6.45) is 6.80. The van der Waals surface area contributed by atoms with Gasteiger partial charge in [-0.25, -0.2) is 0 Å². The van der Waals surface area contributed by atoms with E-state index in [4.69, 9.17) is 27.9 Å². The first kappa shape index (κ1) is 23.7. The van der Waals surface area contributed by atoms with Gasteiger partial charge < -0.3 is 10.1 Å². The van der Waals surface area contributed by atoms with Crippen LogP contribution in [-0.4, -0.2) is 32.5 Å². The van der Waals surface area contributed by atoms with Gasteiger partial charge in [-0.2, -0.15) is 0 Å². The van der Waals surface area contributed by atoms with E-state index in [-0.39, 0.29) is 11.7 Å². The van der Waals surface area contributed by atoms with Crippen molar-refractivity contribution in [2.24, 2.45) is 0 Å². The van der Waals surface area contributed by atoms with E-state index in [0.29, 0.717) is 39.4 Å². The number of thioether (sulfide) groups is 1. The second-order valence-corrected chi connectivity index (χ2v) is 9.42. The normalized spacial score (nSPS) is 13.8. The summed E-state index contributed by atoms with van der Waals surface area (Å²) in [7, 11) is 0. The Kier molecular flexibility index (Phi) is 7.96. The third-order valence-corrected chi connectivity index (χ3v) is 7.09. The fourth-order valence-corrected chi connectivity index (χ4v) is 4.80. The number of nitrogens with zero attached hydrogens (tertiary/aromatic N) is 3. The standard InChI is InChI=1S/C24H24Cl2N4O2S/c1-2-14-30-23(16-10-12-18(13-11-16)32-17-6-3-4-7-17)28-29-24(30)33-15-21(31)27-20-9-5-8-19(25)22(20)26/h2,5,8-13,17H,1,3-4,6-7,14-15H2,(H,27,31). The first-order valence-corrected chi connectivity index (χ1v) is 12.5. The summed E-state index contributed by atoms with van der Waals surface area (Å²) in [5, 5.41) is 12.8. The number of aromatic nitrogens is 3. The fourth-order valence-electron chi connectivity index (χ4n) is 3.70. The summed E-state index contributed by atoms with van der Waals surface area (Å²) in [5.74, 6) is 1.51. The quantitative estimate of drug-likeness (QED) is 0.267. The number of halogens is 2. The highest BCUT2D eigenvalue weighted by Gasteiger charge is 2.18. The van der Waals surface area contributed by atoms with E-state index >= 15 is 0 Å². The number of allylic oxidation sites excluding steroid dienone is 1. The van der Waals surface area contributed by atoms with Crippen molar-refractivity contribution < 1.29 is 9.53 Å². The smallest absolute Gasteiger partial charge is 0.234 e. The molecule has 1 aliphatic carbocycles. The number of hydrogen-bond acceptors (Lipinski definition) is 5. The predicted molar refractivity (Wildman–Crippen MR) is 134 cm³/mol. The maximum Gasteiger partial charge on any atom is 0.234 e. The van der Waals surface area contributed by atoms with E-state index in [2.05, 4.69) is 22.1 Å². The monoisotopic (exact) mass is 502 g/mol. The van der Waals surface area contributed by atoms with Gasteiger partial charge in [0.25, 0.3) is 0 Å². The summed E-state index contributed by atoms with van der Waals surface area (Å²) in [6, 6.07) is 13.0. The molecule has 0 saturated heterocycles. The molecule has 9 heteroatoms. The molecule has 1 N–H and O–H groups in total. The van der Waals surface area contributed by atoms with Crippen LogP contribution in [0.4, 0.5) is 5.69 Å². The lowest BCUT2D eigenvalue weighted by Crippen LogP contribution is -2.15. The zero-order chi connectivity index (χ0) is 23.2. The molecule has 1 fully saturated rings. The number of hydrogen-bond donors (Lipinski definition) is 1. The van der Waals surface area contributed by atoms with Gasteiger partial charge in [0, 0.05) is 12.1 Å². The maximum atomic E-state index is 12.4. The Hall–Kier alpha value is -2.48. The van der Waals surface area contributed by atoms with E-state index in [9.17, 15) is 4.79 Å². The lowest BCUT2D eigenvalue weighted by atomic mass is 10.2. The third kappa shape index (κ3) is 5.91. The second-order valence-electron chi connectivity index (χ2n) is 7.69. The van der Waals surface area contributed by atoms with Gasteiger partial charge in [0.05, 0.1) is 27.6 Å². The summed E-state index contributed by atoms with van der Waals surface area (Å²) in [5.41, 5.74) is 1.40. The minimum Gasteiger partial charge on any atom is -0.490 e. The van der Waals surface area contributed by atoms with Crippen LogP contribution in [0, 0.1) is 0 Å². The number of nitrogens with one attached hydrogen (secondary N) is 1. The topological polar surface area (TPSA) is 69.0 Å². The van der Waals surface area contributed by atoms with E-state index < -0.39 is 0 Å². The van der Waals surface area contributed by atoms with Crippen LogP contribution in [0.2, 0.25) is 10.0 Å². The minimum atomic E-state index is -0.215. The lowest BCUT2D eigenvalue weighted by Gasteiger charge is -2.13. The van der Waals surface area contributed by atoms with Crippen LogP contribution >= 0.6 is 35.0 Å². The molecule has 3 aromatic rings. The van der Waals surface area contributed by atoms with Gasteiger partial charge in [-0.3, -0.25) is 9.36 Å². The molecule has 4 rings (SSSR count). The number of carbonyl (C=O) groups is 1. The Morgan fingerprint density at radius 2 is 1.94 bits per heavy atom. The van der Waals surface area contributed by atoms with Crippen LogP contribution in [0.5, 0.6) is 5.75 Å². The van der Waals surface area contributed by atoms with Crippen LogP contribution in [-0.2, 0) is 11.3 Å². The van der Waals surface area contributed by atoms with Gasteiger partial charge in [0.15, 0.2) is 11.0 Å². The zero-order valence-corrected chi connectivity index (χ0v) is 20.3. The van der Waals surface area contributed by atoms with Crippen molar-refractivity contribution in [1.29, 1.82) is 0 Å². The Bertz CT molecular complexity index is 1130. The SMILES string of the molecule is C=CCn1c(SCC(=O)Nc2cccc(Cl)c2Cl)nnc1-c1ccc(OC2CCCC2)cc1. The molecule has 0 spiro atoms.